The number of H-pyrrole nitrogens is 1. The number of nitrogens with zero attached hydrogens (tertiary/aromatic N) is 3. The molecule has 2 aromatic carbocycles. The van der Waals surface area contributed by atoms with Crippen molar-refractivity contribution >= 4 is 28.5 Å². The van der Waals surface area contributed by atoms with Crippen molar-refractivity contribution in [3.63, 3.8) is 0 Å². The van der Waals surface area contributed by atoms with Gasteiger partial charge in [-0.25, -0.2) is 4.98 Å². The SMILES string of the molecule is Cc1nc2ccc(NC(=O)C[C@@H]3CCCN(C(=O)CN4CCc5ccccc5C4)C3)cc2[nH]1. The summed E-state index contributed by atoms with van der Waals surface area (Å²) in [6, 6.07) is 14.2. The summed E-state index contributed by atoms with van der Waals surface area (Å²) in [6.07, 6.45) is 3.36. The van der Waals surface area contributed by atoms with E-state index in [9.17, 15) is 9.59 Å². The van der Waals surface area contributed by atoms with Crippen molar-refractivity contribution in [2.24, 2.45) is 5.92 Å². The zero-order chi connectivity index (χ0) is 22.8. The van der Waals surface area contributed by atoms with Crippen molar-refractivity contribution in [3.05, 3.63) is 59.4 Å². The molecule has 0 bridgehead atoms. The molecule has 2 aliphatic heterocycles. The fourth-order valence-corrected chi connectivity index (χ4v) is 5.13. The van der Waals surface area contributed by atoms with Crippen LogP contribution in [0, 0.1) is 12.8 Å². The molecule has 0 aliphatic carbocycles. The van der Waals surface area contributed by atoms with Crippen LogP contribution in [0.1, 0.15) is 36.2 Å². The second kappa shape index (κ2) is 9.35. The minimum atomic E-state index is -0.00229. The van der Waals surface area contributed by atoms with Gasteiger partial charge in [0, 0.05) is 38.3 Å². The predicted octanol–water partition coefficient (Wildman–Crippen LogP) is 3.50. The van der Waals surface area contributed by atoms with Crippen molar-refractivity contribution in [2.45, 2.75) is 39.2 Å². The molecule has 2 N–H and O–H groups in total. The van der Waals surface area contributed by atoms with E-state index in [4.69, 9.17) is 0 Å². The maximum atomic E-state index is 13.0. The number of aryl methyl sites for hydroxylation is 1. The third-order valence-electron chi connectivity index (χ3n) is 6.80. The molecule has 1 saturated heterocycles. The average molecular weight is 446 g/mol. The molecule has 3 heterocycles. The highest BCUT2D eigenvalue weighted by Gasteiger charge is 2.27. The predicted molar refractivity (Wildman–Crippen MR) is 129 cm³/mol. The first kappa shape index (κ1) is 21.6. The Kier molecular flexibility index (Phi) is 6.13. The highest BCUT2D eigenvalue weighted by molar-refractivity contribution is 5.93. The van der Waals surface area contributed by atoms with E-state index >= 15 is 0 Å². The first-order chi connectivity index (χ1) is 16.0. The van der Waals surface area contributed by atoms with Gasteiger partial charge in [0.15, 0.2) is 0 Å². The first-order valence-corrected chi connectivity index (χ1v) is 11.9. The second-order valence-electron chi connectivity index (χ2n) is 9.38. The molecule has 0 saturated carbocycles. The van der Waals surface area contributed by atoms with Crippen molar-refractivity contribution in [1.82, 2.24) is 19.8 Å². The van der Waals surface area contributed by atoms with E-state index in [1.165, 1.54) is 11.1 Å². The molecule has 33 heavy (non-hydrogen) atoms. The zero-order valence-corrected chi connectivity index (χ0v) is 19.1. The van der Waals surface area contributed by atoms with Crippen molar-refractivity contribution < 1.29 is 9.59 Å². The smallest absolute Gasteiger partial charge is 0.236 e. The molecular formula is C26H31N5O2. The maximum absolute atomic E-state index is 13.0. The van der Waals surface area contributed by atoms with Gasteiger partial charge in [0.1, 0.15) is 5.82 Å². The highest BCUT2D eigenvalue weighted by Crippen LogP contribution is 2.23. The third kappa shape index (κ3) is 5.09. The van der Waals surface area contributed by atoms with Crippen LogP contribution in [0.3, 0.4) is 0 Å². The van der Waals surface area contributed by atoms with Crippen molar-refractivity contribution in [2.75, 3.05) is 31.5 Å². The molecule has 0 radical (unpaired) electrons. The van der Waals surface area contributed by atoms with Gasteiger partial charge in [-0.2, -0.15) is 0 Å². The Morgan fingerprint density at radius 3 is 2.88 bits per heavy atom. The van der Waals surface area contributed by atoms with Gasteiger partial charge in [-0.1, -0.05) is 24.3 Å². The number of carbonyl (C=O) groups excluding carboxylic acids is 2. The van der Waals surface area contributed by atoms with Gasteiger partial charge in [0.05, 0.1) is 17.6 Å². The molecule has 3 aromatic rings. The first-order valence-electron chi connectivity index (χ1n) is 11.9. The molecule has 1 atom stereocenters. The van der Waals surface area contributed by atoms with E-state index in [0.29, 0.717) is 19.5 Å². The quantitative estimate of drug-likeness (QED) is 0.630. The number of anilines is 1. The van der Waals surface area contributed by atoms with Crippen LogP contribution in [0.2, 0.25) is 0 Å². The number of rotatable bonds is 5. The standard InChI is InChI=1S/C26H31N5O2/c1-18-27-23-9-8-22(14-24(23)28-18)29-25(32)13-19-5-4-11-31(15-19)26(33)17-30-12-10-20-6-2-3-7-21(20)16-30/h2-3,6-9,14,19H,4-5,10-13,15-17H2,1H3,(H,27,28)(H,29,32)/t19-/m0/s1. The Labute approximate surface area is 194 Å². The average Bonchev–Trinajstić information content (AvgIpc) is 3.18. The molecule has 7 heteroatoms. The van der Waals surface area contributed by atoms with E-state index < -0.39 is 0 Å². The number of aromatic amines is 1. The van der Waals surface area contributed by atoms with E-state index in [0.717, 1.165) is 61.4 Å². The Bertz CT molecular complexity index is 1170. The number of benzene rings is 2. The van der Waals surface area contributed by atoms with E-state index in [-0.39, 0.29) is 17.7 Å². The van der Waals surface area contributed by atoms with Gasteiger partial charge >= 0.3 is 0 Å². The van der Waals surface area contributed by atoms with Crippen LogP contribution in [0.25, 0.3) is 11.0 Å². The van der Waals surface area contributed by atoms with Gasteiger partial charge < -0.3 is 15.2 Å². The Hall–Kier alpha value is -3.19. The maximum Gasteiger partial charge on any atom is 0.236 e. The van der Waals surface area contributed by atoms with E-state index in [2.05, 4.69) is 44.5 Å². The Morgan fingerprint density at radius 2 is 2.00 bits per heavy atom. The monoisotopic (exact) mass is 445 g/mol. The summed E-state index contributed by atoms with van der Waals surface area (Å²) < 4.78 is 0. The summed E-state index contributed by atoms with van der Waals surface area (Å²) in [7, 11) is 0. The van der Waals surface area contributed by atoms with Gasteiger partial charge in [0.25, 0.3) is 0 Å². The Morgan fingerprint density at radius 1 is 1.15 bits per heavy atom. The lowest BCUT2D eigenvalue weighted by molar-refractivity contribution is -0.135. The number of fused-ring (bicyclic) bond motifs is 2. The molecular weight excluding hydrogens is 414 g/mol. The summed E-state index contributed by atoms with van der Waals surface area (Å²) in [5, 5.41) is 3.01. The van der Waals surface area contributed by atoms with Crippen molar-refractivity contribution in [1.29, 1.82) is 0 Å². The van der Waals surface area contributed by atoms with Crippen LogP contribution in [0.4, 0.5) is 5.69 Å². The summed E-state index contributed by atoms with van der Waals surface area (Å²) in [5.74, 6) is 1.23. The number of imidazole rings is 1. The topological polar surface area (TPSA) is 81.3 Å². The van der Waals surface area contributed by atoms with Crippen LogP contribution < -0.4 is 5.32 Å². The molecule has 1 fully saturated rings. The molecule has 7 nitrogen and oxygen atoms in total. The van der Waals surface area contributed by atoms with Gasteiger partial charge in [0.2, 0.25) is 11.8 Å². The van der Waals surface area contributed by atoms with Crippen LogP contribution in [0.5, 0.6) is 0 Å². The number of aromatic nitrogens is 2. The van der Waals surface area contributed by atoms with E-state index in [1.807, 2.05) is 30.0 Å². The van der Waals surface area contributed by atoms with Crippen LogP contribution in [-0.4, -0.2) is 57.8 Å². The molecule has 5 rings (SSSR count). The third-order valence-corrected chi connectivity index (χ3v) is 6.80. The van der Waals surface area contributed by atoms with Gasteiger partial charge in [-0.3, -0.25) is 14.5 Å². The second-order valence-corrected chi connectivity index (χ2v) is 9.38. The van der Waals surface area contributed by atoms with Crippen LogP contribution in [-0.2, 0) is 22.6 Å². The molecule has 172 valence electrons. The molecule has 1 aromatic heterocycles. The summed E-state index contributed by atoms with van der Waals surface area (Å²) >= 11 is 0. The molecule has 0 spiro atoms. The number of carbonyl (C=O) groups is 2. The summed E-state index contributed by atoms with van der Waals surface area (Å²) in [4.78, 5) is 37.5. The van der Waals surface area contributed by atoms with Gasteiger partial charge in [-0.05, 0) is 61.4 Å². The van der Waals surface area contributed by atoms with Crippen LogP contribution in [0.15, 0.2) is 42.5 Å². The number of amides is 2. The van der Waals surface area contributed by atoms with Gasteiger partial charge in [-0.15, -0.1) is 0 Å². The Balaban J connectivity index is 1.13. The number of hydrogen-bond acceptors (Lipinski definition) is 4. The molecule has 2 aliphatic rings. The zero-order valence-electron chi connectivity index (χ0n) is 19.1. The number of likely N-dealkylation sites (tertiary alicyclic amines) is 1. The highest BCUT2D eigenvalue weighted by atomic mass is 16.2. The lowest BCUT2D eigenvalue weighted by Crippen LogP contribution is -2.46. The normalized spacial score (nSPS) is 18.8. The lowest BCUT2D eigenvalue weighted by atomic mass is 9.94. The number of nitrogens with one attached hydrogen (secondary N) is 2. The lowest BCUT2D eigenvalue weighted by Gasteiger charge is -2.35. The fourth-order valence-electron chi connectivity index (χ4n) is 5.13. The minimum Gasteiger partial charge on any atom is -0.342 e. The summed E-state index contributed by atoms with van der Waals surface area (Å²) in [5.41, 5.74) is 5.30. The molecule has 0 unspecified atom stereocenters. The van der Waals surface area contributed by atoms with Crippen LogP contribution >= 0.6 is 0 Å². The molecule has 2 amide bonds. The number of piperidine rings is 1. The van der Waals surface area contributed by atoms with E-state index in [1.54, 1.807) is 0 Å². The largest absolute Gasteiger partial charge is 0.342 e. The fraction of sp³-hybridized carbons (Fsp3) is 0.423. The van der Waals surface area contributed by atoms with Crippen molar-refractivity contribution in [3.8, 4) is 0 Å². The minimum absolute atomic E-state index is 0.00229. The number of hydrogen-bond donors (Lipinski definition) is 2. The summed E-state index contributed by atoms with van der Waals surface area (Å²) in [6.45, 7) is 5.58.